The molecule has 44 heavy (non-hydrogen) atoms. The second-order valence-corrected chi connectivity index (χ2v) is 12.4. The zero-order valence-electron chi connectivity index (χ0n) is 23.6. The Labute approximate surface area is 250 Å². The van der Waals surface area contributed by atoms with E-state index >= 15 is 0 Å². The highest BCUT2D eigenvalue weighted by Gasteiger charge is 2.26. The first-order valence-electron chi connectivity index (χ1n) is 13.8. The fourth-order valence-electron chi connectivity index (χ4n) is 5.63. The van der Waals surface area contributed by atoms with Crippen molar-refractivity contribution in [3.63, 3.8) is 0 Å². The van der Waals surface area contributed by atoms with Crippen LogP contribution in [0.25, 0.3) is 55.6 Å². The second kappa shape index (κ2) is 10.2. The standard InChI is InChI=1S/C33H25F2N3O5S/c1-3-44(40,41)37-26-16-30-24(31(33(39)36-2)32(43-30)18-7-10-20(34)11-8-18)14-21(26)19-9-12-29-23(13-19)28-15-22-25(35)5-4-6-27(22)38(28)17-42-29/h4-16,37H,3,17H2,1-2H3,(H,36,39). The maximum atomic E-state index is 14.7. The lowest BCUT2D eigenvalue weighted by atomic mass is 9.96. The van der Waals surface area contributed by atoms with Crippen LogP contribution in [-0.4, -0.2) is 31.7 Å². The van der Waals surface area contributed by atoms with Gasteiger partial charge in [0.1, 0.15) is 28.7 Å². The van der Waals surface area contributed by atoms with Gasteiger partial charge in [0.05, 0.1) is 28.2 Å². The summed E-state index contributed by atoms with van der Waals surface area (Å²) in [6, 6.07) is 20.9. The molecule has 0 saturated carbocycles. The molecule has 0 bridgehead atoms. The lowest BCUT2D eigenvalue weighted by Gasteiger charge is -2.22. The van der Waals surface area contributed by atoms with Gasteiger partial charge in [0.25, 0.3) is 5.91 Å². The molecule has 2 aromatic heterocycles. The third kappa shape index (κ3) is 4.47. The van der Waals surface area contributed by atoms with E-state index in [1.807, 2.05) is 16.7 Å². The third-order valence-electron chi connectivity index (χ3n) is 7.84. The van der Waals surface area contributed by atoms with Crippen molar-refractivity contribution in [3.05, 3.63) is 96.1 Å². The number of amides is 1. The van der Waals surface area contributed by atoms with E-state index in [9.17, 15) is 22.0 Å². The predicted molar refractivity (Wildman–Crippen MR) is 165 cm³/mol. The molecule has 8 nitrogen and oxygen atoms in total. The SMILES string of the molecule is CCS(=O)(=O)Nc1cc2oc(-c3ccc(F)cc3)c(C(=O)NC)c2cc1-c1ccc2c(c1)-c1cc3c(F)cccc3n1CO2. The Morgan fingerprint density at radius 3 is 2.45 bits per heavy atom. The van der Waals surface area contributed by atoms with Crippen molar-refractivity contribution in [2.24, 2.45) is 0 Å². The van der Waals surface area contributed by atoms with Crippen LogP contribution in [0.4, 0.5) is 14.5 Å². The highest BCUT2D eigenvalue weighted by Crippen LogP contribution is 2.44. The molecule has 11 heteroatoms. The summed E-state index contributed by atoms with van der Waals surface area (Å²) in [6.07, 6.45) is 0. The van der Waals surface area contributed by atoms with Crippen molar-refractivity contribution in [2.75, 3.05) is 17.5 Å². The molecule has 1 amide bonds. The number of sulfonamides is 1. The number of anilines is 1. The first kappa shape index (κ1) is 27.7. The van der Waals surface area contributed by atoms with E-state index in [0.29, 0.717) is 44.3 Å². The van der Waals surface area contributed by atoms with Gasteiger partial charge in [-0.05, 0) is 73.2 Å². The fraction of sp³-hybridized carbons (Fsp3) is 0.121. The minimum absolute atomic E-state index is 0.170. The highest BCUT2D eigenvalue weighted by atomic mass is 32.2. The number of ether oxygens (including phenoxy) is 1. The number of aromatic nitrogens is 1. The maximum absolute atomic E-state index is 14.7. The van der Waals surface area contributed by atoms with Crippen molar-refractivity contribution in [1.29, 1.82) is 0 Å². The second-order valence-electron chi connectivity index (χ2n) is 10.4. The van der Waals surface area contributed by atoms with Crippen molar-refractivity contribution in [1.82, 2.24) is 9.88 Å². The van der Waals surface area contributed by atoms with Gasteiger partial charge in [0.15, 0.2) is 6.73 Å². The summed E-state index contributed by atoms with van der Waals surface area (Å²) in [5.41, 5.74) is 4.43. The Morgan fingerprint density at radius 1 is 0.932 bits per heavy atom. The third-order valence-corrected chi connectivity index (χ3v) is 9.13. The van der Waals surface area contributed by atoms with Crippen LogP contribution >= 0.6 is 0 Å². The summed E-state index contributed by atoms with van der Waals surface area (Å²) >= 11 is 0. The monoisotopic (exact) mass is 613 g/mol. The van der Waals surface area contributed by atoms with Crippen LogP contribution in [0.1, 0.15) is 17.3 Å². The summed E-state index contributed by atoms with van der Waals surface area (Å²) in [5, 5.41) is 3.53. The van der Waals surface area contributed by atoms with Gasteiger partial charge in [0, 0.05) is 40.6 Å². The molecule has 0 atom stereocenters. The van der Waals surface area contributed by atoms with E-state index in [1.54, 1.807) is 36.4 Å². The molecule has 0 saturated heterocycles. The van der Waals surface area contributed by atoms with Gasteiger partial charge < -0.3 is 19.0 Å². The van der Waals surface area contributed by atoms with Gasteiger partial charge in [-0.2, -0.15) is 0 Å². The van der Waals surface area contributed by atoms with Crippen LogP contribution in [0, 0.1) is 11.6 Å². The first-order valence-corrected chi connectivity index (χ1v) is 15.5. The van der Waals surface area contributed by atoms with E-state index in [4.69, 9.17) is 9.15 Å². The number of nitrogens with zero attached hydrogens (tertiary/aromatic N) is 1. The number of rotatable bonds is 6. The molecular formula is C33H25F2N3O5S. The quantitative estimate of drug-likeness (QED) is 0.208. The number of carbonyl (C=O) groups is 1. The van der Waals surface area contributed by atoms with E-state index < -0.39 is 21.7 Å². The minimum atomic E-state index is -3.72. The molecule has 3 heterocycles. The fourth-order valence-corrected chi connectivity index (χ4v) is 6.28. The van der Waals surface area contributed by atoms with Gasteiger partial charge in [-0.25, -0.2) is 17.2 Å². The summed E-state index contributed by atoms with van der Waals surface area (Å²) < 4.78 is 70.6. The molecule has 7 rings (SSSR count). The zero-order chi connectivity index (χ0) is 30.7. The number of fused-ring (bicyclic) bond motifs is 6. The Kier molecular flexibility index (Phi) is 6.43. The molecular weight excluding hydrogens is 588 g/mol. The van der Waals surface area contributed by atoms with Crippen LogP contribution in [-0.2, 0) is 16.8 Å². The number of hydrogen-bond donors (Lipinski definition) is 2. The van der Waals surface area contributed by atoms with Crippen LogP contribution in [0.5, 0.6) is 5.75 Å². The smallest absolute Gasteiger partial charge is 0.255 e. The molecule has 0 radical (unpaired) electrons. The topological polar surface area (TPSA) is 103 Å². The van der Waals surface area contributed by atoms with Gasteiger partial charge >= 0.3 is 0 Å². The zero-order valence-corrected chi connectivity index (χ0v) is 24.4. The van der Waals surface area contributed by atoms with Gasteiger partial charge in [-0.1, -0.05) is 12.1 Å². The van der Waals surface area contributed by atoms with Crippen molar-refractivity contribution in [2.45, 2.75) is 13.7 Å². The predicted octanol–water partition coefficient (Wildman–Crippen LogP) is 7.14. The minimum Gasteiger partial charge on any atom is -0.472 e. The molecule has 1 aliphatic heterocycles. The van der Waals surface area contributed by atoms with E-state index in [1.165, 1.54) is 44.3 Å². The molecule has 0 spiro atoms. The van der Waals surface area contributed by atoms with Crippen molar-refractivity contribution < 1.29 is 31.1 Å². The van der Waals surface area contributed by atoms with Gasteiger partial charge in [0.2, 0.25) is 10.0 Å². The number of hydrogen-bond acceptors (Lipinski definition) is 5. The summed E-state index contributed by atoms with van der Waals surface area (Å²) in [4.78, 5) is 13.2. The number of halogens is 2. The van der Waals surface area contributed by atoms with Crippen LogP contribution in [0.2, 0.25) is 0 Å². The van der Waals surface area contributed by atoms with Gasteiger partial charge in [-0.3, -0.25) is 9.52 Å². The number of benzene rings is 4. The molecule has 6 aromatic rings. The van der Waals surface area contributed by atoms with Gasteiger partial charge in [-0.15, -0.1) is 0 Å². The Morgan fingerprint density at radius 2 is 1.70 bits per heavy atom. The summed E-state index contributed by atoms with van der Waals surface area (Å²) in [7, 11) is -2.23. The van der Waals surface area contributed by atoms with E-state index in [2.05, 4.69) is 10.0 Å². The maximum Gasteiger partial charge on any atom is 0.255 e. The molecule has 2 N–H and O–H groups in total. The Hall–Kier alpha value is -5.16. The summed E-state index contributed by atoms with van der Waals surface area (Å²) in [5.74, 6) is -0.580. The average molecular weight is 614 g/mol. The molecule has 222 valence electrons. The molecule has 1 aliphatic rings. The molecule has 4 aromatic carbocycles. The number of nitrogens with one attached hydrogen (secondary N) is 2. The van der Waals surface area contributed by atoms with Crippen molar-refractivity contribution >= 4 is 43.5 Å². The highest BCUT2D eigenvalue weighted by molar-refractivity contribution is 7.92. The van der Waals surface area contributed by atoms with E-state index in [-0.39, 0.29) is 40.9 Å². The normalized spacial score (nSPS) is 12.5. The van der Waals surface area contributed by atoms with E-state index in [0.717, 1.165) is 5.69 Å². The van der Waals surface area contributed by atoms with Crippen LogP contribution in [0.3, 0.4) is 0 Å². The molecule has 0 aliphatic carbocycles. The largest absolute Gasteiger partial charge is 0.472 e. The lowest BCUT2D eigenvalue weighted by Crippen LogP contribution is -2.18. The first-order chi connectivity index (χ1) is 21.2. The van der Waals surface area contributed by atoms with Crippen molar-refractivity contribution in [3.8, 4) is 39.5 Å². The molecule has 0 unspecified atom stereocenters. The molecule has 0 fully saturated rings. The Balaban J connectivity index is 1.47. The summed E-state index contributed by atoms with van der Waals surface area (Å²) in [6.45, 7) is 1.73. The number of carbonyl (C=O) groups excluding carboxylic acids is 1. The van der Waals surface area contributed by atoms with Crippen LogP contribution < -0.4 is 14.8 Å². The average Bonchev–Trinajstić information content (AvgIpc) is 3.60. The number of furan rings is 1. The lowest BCUT2D eigenvalue weighted by molar-refractivity contribution is 0.0964. The Bertz CT molecular complexity index is 2240. The van der Waals surface area contributed by atoms with Crippen LogP contribution in [0.15, 0.2) is 83.3 Å².